The van der Waals surface area contributed by atoms with E-state index in [4.69, 9.17) is 5.73 Å². The Morgan fingerprint density at radius 1 is 1.43 bits per heavy atom. The normalized spacial score (nSPS) is 18.7. The van der Waals surface area contributed by atoms with Gasteiger partial charge in [0.1, 0.15) is 5.82 Å². The predicted molar refractivity (Wildman–Crippen MR) is 56.7 cm³/mol. The summed E-state index contributed by atoms with van der Waals surface area (Å²) in [6, 6.07) is 4.49. The summed E-state index contributed by atoms with van der Waals surface area (Å²) < 4.78 is 12.8. The van der Waals surface area contributed by atoms with Crippen LogP contribution in [-0.4, -0.2) is 5.54 Å². The molecule has 0 atom stereocenters. The van der Waals surface area contributed by atoms with Gasteiger partial charge in [0.25, 0.3) is 0 Å². The second-order valence-corrected chi connectivity index (χ2v) is 4.27. The van der Waals surface area contributed by atoms with E-state index < -0.39 is 0 Å². The van der Waals surface area contributed by atoms with Crippen LogP contribution in [0.15, 0.2) is 18.2 Å². The van der Waals surface area contributed by atoms with E-state index in [2.05, 4.69) is 12.2 Å². The molecule has 1 aliphatic rings. The van der Waals surface area contributed by atoms with Crippen LogP contribution >= 0.6 is 0 Å². The van der Waals surface area contributed by atoms with Gasteiger partial charge in [-0.15, -0.1) is 0 Å². The van der Waals surface area contributed by atoms with Gasteiger partial charge in [-0.05, 0) is 44.4 Å². The highest BCUT2D eigenvalue weighted by Crippen LogP contribution is 2.36. The number of rotatable bonds is 2. The summed E-state index contributed by atoms with van der Waals surface area (Å²) >= 11 is 0. The van der Waals surface area contributed by atoms with Gasteiger partial charge in [0.2, 0.25) is 0 Å². The second-order valence-electron chi connectivity index (χ2n) is 4.27. The molecule has 0 aliphatic heterocycles. The van der Waals surface area contributed by atoms with Crippen LogP contribution in [0.4, 0.5) is 15.8 Å². The summed E-state index contributed by atoms with van der Waals surface area (Å²) in [6.45, 7) is 2.17. The number of nitrogen functional groups attached to an aromatic ring is 1. The molecule has 3 N–H and O–H groups in total. The van der Waals surface area contributed by atoms with Gasteiger partial charge in [0.05, 0.1) is 11.4 Å². The zero-order valence-corrected chi connectivity index (χ0v) is 8.31. The maximum atomic E-state index is 12.8. The van der Waals surface area contributed by atoms with Crippen molar-refractivity contribution in [1.29, 1.82) is 0 Å². The highest BCUT2D eigenvalue weighted by molar-refractivity contribution is 5.67. The molecule has 3 heteroatoms. The molecule has 0 aromatic heterocycles. The minimum atomic E-state index is -0.285. The number of hydrogen-bond acceptors (Lipinski definition) is 2. The van der Waals surface area contributed by atoms with Crippen molar-refractivity contribution in [3.05, 3.63) is 24.0 Å². The molecule has 1 fully saturated rings. The van der Waals surface area contributed by atoms with E-state index in [0.717, 1.165) is 18.5 Å². The summed E-state index contributed by atoms with van der Waals surface area (Å²) in [5.41, 5.74) is 7.19. The summed E-state index contributed by atoms with van der Waals surface area (Å²) in [4.78, 5) is 0. The minimum absolute atomic E-state index is 0.159. The van der Waals surface area contributed by atoms with Crippen molar-refractivity contribution in [2.24, 2.45) is 0 Å². The lowest BCUT2D eigenvalue weighted by molar-refractivity contribution is 0.307. The molecule has 14 heavy (non-hydrogen) atoms. The summed E-state index contributed by atoms with van der Waals surface area (Å²) in [6.07, 6.45) is 3.57. The lowest BCUT2D eigenvalue weighted by atomic mass is 9.78. The summed E-state index contributed by atoms with van der Waals surface area (Å²) in [5.74, 6) is -0.285. The first-order valence-electron chi connectivity index (χ1n) is 4.92. The average molecular weight is 194 g/mol. The Bertz CT molecular complexity index is 345. The Kier molecular flexibility index (Phi) is 2.10. The molecule has 0 bridgehead atoms. The molecule has 2 rings (SSSR count). The Hall–Kier alpha value is -1.25. The number of nitrogens with one attached hydrogen (secondary N) is 1. The smallest absolute Gasteiger partial charge is 0.125 e. The van der Waals surface area contributed by atoms with Crippen LogP contribution in [0.25, 0.3) is 0 Å². The fourth-order valence-corrected chi connectivity index (χ4v) is 1.80. The van der Waals surface area contributed by atoms with Gasteiger partial charge in [-0.1, -0.05) is 0 Å². The molecule has 0 unspecified atom stereocenters. The van der Waals surface area contributed by atoms with Gasteiger partial charge < -0.3 is 11.1 Å². The molecule has 0 heterocycles. The van der Waals surface area contributed by atoms with E-state index >= 15 is 0 Å². The first kappa shape index (κ1) is 9.31. The van der Waals surface area contributed by atoms with E-state index in [-0.39, 0.29) is 11.4 Å². The SMILES string of the molecule is CC1(Nc2ccc(F)cc2N)CCC1. The molecule has 1 saturated carbocycles. The average Bonchev–Trinajstić information content (AvgIpc) is 2.07. The van der Waals surface area contributed by atoms with Crippen LogP contribution in [0.5, 0.6) is 0 Å². The van der Waals surface area contributed by atoms with Crippen molar-refractivity contribution in [3.63, 3.8) is 0 Å². The third-order valence-electron chi connectivity index (χ3n) is 2.91. The molecular weight excluding hydrogens is 179 g/mol. The molecule has 1 aliphatic carbocycles. The molecule has 2 nitrogen and oxygen atoms in total. The predicted octanol–water partition coefficient (Wildman–Crippen LogP) is 2.76. The zero-order chi connectivity index (χ0) is 10.2. The van der Waals surface area contributed by atoms with E-state index in [0.29, 0.717) is 5.69 Å². The number of benzene rings is 1. The van der Waals surface area contributed by atoms with Gasteiger partial charge in [-0.3, -0.25) is 0 Å². The Morgan fingerprint density at radius 2 is 2.14 bits per heavy atom. The van der Waals surface area contributed by atoms with Gasteiger partial charge in [0.15, 0.2) is 0 Å². The quantitative estimate of drug-likeness (QED) is 0.710. The van der Waals surface area contributed by atoms with Crippen molar-refractivity contribution in [3.8, 4) is 0 Å². The van der Waals surface area contributed by atoms with Crippen LogP contribution in [0.1, 0.15) is 26.2 Å². The highest BCUT2D eigenvalue weighted by atomic mass is 19.1. The van der Waals surface area contributed by atoms with Crippen molar-refractivity contribution in [2.45, 2.75) is 31.7 Å². The Balaban J connectivity index is 2.16. The molecule has 0 amide bonds. The number of anilines is 2. The van der Waals surface area contributed by atoms with Crippen LogP contribution in [-0.2, 0) is 0 Å². The zero-order valence-electron chi connectivity index (χ0n) is 8.31. The number of nitrogens with two attached hydrogens (primary N) is 1. The fraction of sp³-hybridized carbons (Fsp3) is 0.455. The van der Waals surface area contributed by atoms with Crippen molar-refractivity contribution < 1.29 is 4.39 Å². The molecule has 0 spiro atoms. The van der Waals surface area contributed by atoms with Crippen molar-refractivity contribution >= 4 is 11.4 Å². The van der Waals surface area contributed by atoms with E-state index in [1.807, 2.05) is 0 Å². The largest absolute Gasteiger partial charge is 0.397 e. The topological polar surface area (TPSA) is 38.0 Å². The molecular formula is C11H15FN2. The summed E-state index contributed by atoms with van der Waals surface area (Å²) in [7, 11) is 0. The maximum Gasteiger partial charge on any atom is 0.125 e. The Labute approximate surface area is 83.3 Å². The van der Waals surface area contributed by atoms with E-state index in [9.17, 15) is 4.39 Å². The monoisotopic (exact) mass is 194 g/mol. The summed E-state index contributed by atoms with van der Waals surface area (Å²) in [5, 5.41) is 3.36. The van der Waals surface area contributed by atoms with Gasteiger partial charge in [-0.25, -0.2) is 4.39 Å². The highest BCUT2D eigenvalue weighted by Gasteiger charge is 2.31. The third kappa shape index (κ3) is 1.67. The van der Waals surface area contributed by atoms with Crippen LogP contribution < -0.4 is 11.1 Å². The third-order valence-corrected chi connectivity index (χ3v) is 2.91. The lowest BCUT2D eigenvalue weighted by Crippen LogP contribution is -2.41. The Morgan fingerprint density at radius 3 is 2.64 bits per heavy atom. The van der Waals surface area contributed by atoms with Crippen LogP contribution in [0.2, 0.25) is 0 Å². The van der Waals surface area contributed by atoms with Gasteiger partial charge >= 0.3 is 0 Å². The van der Waals surface area contributed by atoms with Crippen molar-refractivity contribution in [1.82, 2.24) is 0 Å². The first-order chi connectivity index (χ1) is 6.59. The fourth-order valence-electron chi connectivity index (χ4n) is 1.80. The standard InChI is InChI=1S/C11H15FN2/c1-11(5-2-6-11)14-10-4-3-8(12)7-9(10)13/h3-4,7,14H,2,5-6,13H2,1H3. The molecule has 1 aromatic carbocycles. The van der Waals surface area contributed by atoms with E-state index in [1.165, 1.54) is 18.6 Å². The molecule has 0 radical (unpaired) electrons. The van der Waals surface area contributed by atoms with Crippen molar-refractivity contribution in [2.75, 3.05) is 11.1 Å². The number of halogens is 1. The first-order valence-corrected chi connectivity index (χ1v) is 4.92. The minimum Gasteiger partial charge on any atom is -0.397 e. The van der Waals surface area contributed by atoms with E-state index in [1.54, 1.807) is 6.07 Å². The molecule has 76 valence electrons. The second kappa shape index (κ2) is 3.15. The van der Waals surface area contributed by atoms with Gasteiger partial charge in [-0.2, -0.15) is 0 Å². The molecule has 1 aromatic rings. The number of hydrogen-bond donors (Lipinski definition) is 2. The molecule has 0 saturated heterocycles. The van der Waals surface area contributed by atoms with Crippen LogP contribution in [0.3, 0.4) is 0 Å². The van der Waals surface area contributed by atoms with Gasteiger partial charge in [0, 0.05) is 5.54 Å². The lowest BCUT2D eigenvalue weighted by Gasteiger charge is -2.40. The van der Waals surface area contributed by atoms with Crippen LogP contribution in [0, 0.1) is 5.82 Å². The maximum absolute atomic E-state index is 12.8.